The molecule has 0 radical (unpaired) electrons. The minimum atomic E-state index is -1.04. The van der Waals surface area contributed by atoms with Gasteiger partial charge in [0.25, 0.3) is 11.8 Å². The number of piperidine rings is 2. The molecule has 8 atom stereocenters. The predicted molar refractivity (Wildman–Crippen MR) is 164 cm³/mol. The highest BCUT2D eigenvalue weighted by Crippen LogP contribution is 2.53. The average molecular weight is 589 g/mol. The minimum absolute atomic E-state index is 0.0275. The van der Waals surface area contributed by atoms with E-state index in [0.29, 0.717) is 12.8 Å². The van der Waals surface area contributed by atoms with E-state index in [4.69, 9.17) is 0 Å². The number of carbonyl (C=O) groups excluding carboxylic acids is 4. The SMILES string of the molecule is CCC1(C)CC2(NC(=O)N(CCN3C(=O)NC4(CC(C)(CC)N(C)C(C)(CC)C4C)C3=O)C2=O)C(C)C(C)(CC)N1C. The molecule has 0 bridgehead atoms. The van der Waals surface area contributed by atoms with Gasteiger partial charge in [0, 0.05) is 47.1 Å². The highest BCUT2D eigenvalue weighted by atomic mass is 16.2. The van der Waals surface area contributed by atoms with Crippen molar-refractivity contribution in [2.24, 2.45) is 11.8 Å². The monoisotopic (exact) mass is 588 g/mol. The van der Waals surface area contributed by atoms with Crippen molar-refractivity contribution in [3.63, 3.8) is 0 Å². The number of hydrogen-bond donors (Lipinski definition) is 2. The molecule has 6 amide bonds. The summed E-state index contributed by atoms with van der Waals surface area (Å²) in [5, 5.41) is 6.25. The molecule has 0 saturated carbocycles. The van der Waals surface area contributed by atoms with Crippen molar-refractivity contribution in [2.75, 3.05) is 27.2 Å². The van der Waals surface area contributed by atoms with Gasteiger partial charge in [0.2, 0.25) is 0 Å². The molecule has 4 heterocycles. The van der Waals surface area contributed by atoms with E-state index in [-0.39, 0.29) is 58.9 Å². The number of carbonyl (C=O) groups is 4. The summed E-state index contributed by atoms with van der Waals surface area (Å²) in [6, 6.07) is -0.889. The molecule has 0 aliphatic carbocycles. The third kappa shape index (κ3) is 4.02. The van der Waals surface area contributed by atoms with Gasteiger partial charge in [-0.25, -0.2) is 9.59 Å². The van der Waals surface area contributed by atoms with Crippen molar-refractivity contribution >= 4 is 23.9 Å². The van der Waals surface area contributed by atoms with Crippen LogP contribution in [-0.4, -0.2) is 104 Å². The van der Waals surface area contributed by atoms with Crippen molar-refractivity contribution < 1.29 is 19.2 Å². The number of nitrogens with zero attached hydrogens (tertiary/aromatic N) is 4. The summed E-state index contributed by atoms with van der Waals surface area (Å²) in [4.78, 5) is 62.6. The summed E-state index contributed by atoms with van der Waals surface area (Å²) in [7, 11) is 4.25. The number of imide groups is 2. The van der Waals surface area contributed by atoms with Crippen LogP contribution in [0.3, 0.4) is 0 Å². The smallest absolute Gasteiger partial charge is 0.323 e. The van der Waals surface area contributed by atoms with Crippen molar-refractivity contribution in [3.05, 3.63) is 0 Å². The lowest BCUT2D eigenvalue weighted by molar-refractivity contribution is -0.153. The highest BCUT2D eigenvalue weighted by molar-refractivity contribution is 6.09. The second-order valence-corrected chi connectivity index (χ2v) is 14.8. The van der Waals surface area contributed by atoms with Crippen LogP contribution in [0.2, 0.25) is 0 Å². The summed E-state index contributed by atoms with van der Waals surface area (Å²) < 4.78 is 0. The summed E-state index contributed by atoms with van der Waals surface area (Å²) in [5.74, 6) is -0.780. The lowest BCUT2D eigenvalue weighted by atomic mass is 9.60. The Morgan fingerprint density at radius 2 is 0.929 bits per heavy atom. The summed E-state index contributed by atoms with van der Waals surface area (Å²) in [5.41, 5.74) is -3.24. The first-order valence-corrected chi connectivity index (χ1v) is 16.1. The van der Waals surface area contributed by atoms with Crippen LogP contribution in [0.15, 0.2) is 0 Å². The topological polar surface area (TPSA) is 105 Å². The van der Waals surface area contributed by atoms with Crippen molar-refractivity contribution in [1.82, 2.24) is 30.2 Å². The lowest BCUT2D eigenvalue weighted by Crippen LogP contribution is -2.74. The number of amides is 6. The van der Waals surface area contributed by atoms with Crippen molar-refractivity contribution in [1.29, 1.82) is 0 Å². The Labute approximate surface area is 253 Å². The normalized spacial score (nSPS) is 45.0. The third-order valence-corrected chi connectivity index (χ3v) is 13.7. The average Bonchev–Trinajstić information content (AvgIpc) is 3.34. The van der Waals surface area contributed by atoms with Gasteiger partial charge < -0.3 is 10.6 Å². The van der Waals surface area contributed by atoms with Gasteiger partial charge in [0.15, 0.2) is 0 Å². The molecule has 2 spiro atoms. The molecule has 4 saturated heterocycles. The standard InChI is InChI=1S/C32H56N6O4/c1-13-27(7)19-31(21(5)29(9,15-3)35(27)11)23(39)37(25(41)33-31)17-18-38-24(40)32(34-26(38)42)20-28(8,14-2)36(12)30(10,16-4)22(32)6/h21-22H,13-20H2,1-12H3,(H,33,41)(H,34,42). The van der Waals surface area contributed by atoms with Crippen LogP contribution in [0.5, 0.6) is 0 Å². The fraction of sp³-hybridized carbons (Fsp3) is 0.875. The van der Waals surface area contributed by atoms with Gasteiger partial charge in [-0.1, -0.05) is 41.5 Å². The first-order valence-electron chi connectivity index (χ1n) is 16.1. The number of hydrogen-bond acceptors (Lipinski definition) is 6. The highest BCUT2D eigenvalue weighted by Gasteiger charge is 2.67. The van der Waals surface area contributed by atoms with Gasteiger partial charge in [0.05, 0.1) is 0 Å². The zero-order chi connectivity index (χ0) is 31.8. The maximum atomic E-state index is 14.2. The Kier molecular flexibility index (Phi) is 7.93. The van der Waals surface area contributed by atoms with E-state index in [0.717, 1.165) is 25.7 Å². The molecule has 238 valence electrons. The molecule has 0 aromatic heterocycles. The number of likely N-dealkylation sites (tertiary alicyclic amines) is 2. The second kappa shape index (κ2) is 10.2. The molecule has 8 unspecified atom stereocenters. The van der Waals surface area contributed by atoms with E-state index in [9.17, 15) is 19.2 Å². The molecule has 10 nitrogen and oxygen atoms in total. The molecule has 4 aliphatic heterocycles. The van der Waals surface area contributed by atoms with Crippen LogP contribution in [0.4, 0.5) is 9.59 Å². The van der Waals surface area contributed by atoms with Crippen LogP contribution in [0.25, 0.3) is 0 Å². The Bertz CT molecular complexity index is 1080. The van der Waals surface area contributed by atoms with Crippen LogP contribution in [-0.2, 0) is 9.59 Å². The lowest BCUT2D eigenvalue weighted by Gasteiger charge is -2.62. The second-order valence-electron chi connectivity index (χ2n) is 14.8. The largest absolute Gasteiger partial charge is 0.325 e. The van der Waals surface area contributed by atoms with Gasteiger partial charge in [-0.3, -0.25) is 29.2 Å². The number of rotatable bonds is 7. The van der Waals surface area contributed by atoms with Gasteiger partial charge in [0.1, 0.15) is 11.1 Å². The van der Waals surface area contributed by atoms with Crippen LogP contribution in [0, 0.1) is 11.8 Å². The molecule has 42 heavy (non-hydrogen) atoms. The molecule has 4 fully saturated rings. The van der Waals surface area contributed by atoms with Gasteiger partial charge in [-0.05, 0) is 80.3 Å². The van der Waals surface area contributed by atoms with Crippen LogP contribution < -0.4 is 10.6 Å². The van der Waals surface area contributed by atoms with Crippen molar-refractivity contribution in [3.8, 4) is 0 Å². The van der Waals surface area contributed by atoms with E-state index < -0.39 is 23.1 Å². The van der Waals surface area contributed by atoms with E-state index in [1.165, 1.54) is 9.80 Å². The van der Waals surface area contributed by atoms with Gasteiger partial charge >= 0.3 is 12.1 Å². The van der Waals surface area contributed by atoms with Crippen LogP contribution >= 0.6 is 0 Å². The van der Waals surface area contributed by atoms with E-state index >= 15 is 0 Å². The molecular formula is C32H56N6O4. The van der Waals surface area contributed by atoms with Gasteiger partial charge in [-0.2, -0.15) is 0 Å². The molecule has 0 aromatic carbocycles. The van der Waals surface area contributed by atoms with Gasteiger partial charge in [-0.15, -0.1) is 0 Å². The third-order valence-electron chi connectivity index (χ3n) is 13.7. The number of nitrogens with one attached hydrogen (secondary N) is 2. The Morgan fingerprint density at radius 3 is 1.19 bits per heavy atom. The molecule has 2 N–H and O–H groups in total. The first-order chi connectivity index (χ1) is 19.3. The summed E-state index contributed by atoms with van der Waals surface area (Å²) >= 11 is 0. The maximum absolute atomic E-state index is 14.2. The van der Waals surface area contributed by atoms with E-state index in [1.54, 1.807) is 0 Å². The molecule has 4 rings (SSSR count). The molecule has 10 heteroatoms. The van der Waals surface area contributed by atoms with E-state index in [2.05, 4.69) is 104 Å². The zero-order valence-corrected chi connectivity index (χ0v) is 28.2. The van der Waals surface area contributed by atoms with E-state index in [1.807, 2.05) is 0 Å². The zero-order valence-electron chi connectivity index (χ0n) is 28.2. The Balaban J connectivity index is 1.60. The first kappa shape index (κ1) is 32.7. The predicted octanol–water partition coefficient (Wildman–Crippen LogP) is 4.19. The minimum Gasteiger partial charge on any atom is -0.323 e. The summed E-state index contributed by atoms with van der Waals surface area (Å²) in [6.45, 7) is 21.3. The summed E-state index contributed by atoms with van der Waals surface area (Å²) in [6.07, 6.45) is 4.34. The quantitative estimate of drug-likeness (QED) is 0.433. The number of urea groups is 2. The van der Waals surface area contributed by atoms with Crippen molar-refractivity contribution in [2.45, 2.75) is 141 Å². The molecule has 0 aromatic rings. The Hall–Kier alpha value is -2.20. The van der Waals surface area contributed by atoms with Crippen LogP contribution in [0.1, 0.15) is 108 Å². The fourth-order valence-corrected chi connectivity index (χ4v) is 9.15. The maximum Gasteiger partial charge on any atom is 0.325 e. The Morgan fingerprint density at radius 1 is 0.619 bits per heavy atom. The molecule has 4 aliphatic rings. The molecular weight excluding hydrogens is 532 g/mol. The fourth-order valence-electron chi connectivity index (χ4n) is 9.15.